The maximum absolute atomic E-state index is 13.0. The van der Waals surface area contributed by atoms with Crippen LogP contribution >= 0.6 is 0 Å². The van der Waals surface area contributed by atoms with Crippen molar-refractivity contribution in [3.8, 4) is 5.75 Å². The first-order valence-corrected chi connectivity index (χ1v) is 11.0. The predicted molar refractivity (Wildman–Crippen MR) is 128 cm³/mol. The number of carbonyl (C=O) groups is 3. The first-order chi connectivity index (χ1) is 15.9. The Balaban J connectivity index is 1.31. The summed E-state index contributed by atoms with van der Waals surface area (Å²) in [6.45, 7) is 0.986. The highest BCUT2D eigenvalue weighted by Gasteiger charge is 2.48. The molecule has 7 nitrogen and oxygen atoms in total. The number of piperidine rings is 1. The molecule has 8 heteroatoms. The van der Waals surface area contributed by atoms with Crippen molar-refractivity contribution in [2.24, 2.45) is 0 Å². The second-order valence-corrected chi connectivity index (χ2v) is 8.82. The Bertz CT molecular complexity index is 1310. The second kappa shape index (κ2) is 7.96. The number of nitrogens with one attached hydrogen (secondary N) is 2. The molecule has 2 aliphatic heterocycles. The van der Waals surface area contributed by atoms with Crippen LogP contribution in [0.3, 0.4) is 0 Å². The van der Waals surface area contributed by atoms with E-state index in [0.717, 1.165) is 33.3 Å². The molecule has 1 fully saturated rings. The Labute approximate surface area is 192 Å². The minimum atomic E-state index is -1.02. The van der Waals surface area contributed by atoms with E-state index in [1.807, 2.05) is 36.4 Å². The van der Waals surface area contributed by atoms with Gasteiger partial charge in [0, 0.05) is 30.8 Å². The van der Waals surface area contributed by atoms with Gasteiger partial charge >= 0.3 is 0 Å². The van der Waals surface area contributed by atoms with E-state index in [-0.39, 0.29) is 18.2 Å². The summed E-state index contributed by atoms with van der Waals surface area (Å²) in [4.78, 5) is 38.7. The molecule has 0 unspecified atom stereocenters. The molecule has 166 valence electrons. The molecule has 0 radical (unpaired) electrons. The maximum atomic E-state index is 13.0. The average Bonchev–Trinajstić information content (AvgIpc) is 3.16. The Morgan fingerprint density at radius 2 is 1.85 bits per heavy atom. The van der Waals surface area contributed by atoms with Gasteiger partial charge in [0.15, 0.2) is 0 Å². The van der Waals surface area contributed by atoms with E-state index >= 15 is 0 Å². The Hall–Kier alpha value is -3.81. The number of anilines is 1. The zero-order valence-electron chi connectivity index (χ0n) is 18.6. The zero-order valence-corrected chi connectivity index (χ0v) is 18.6. The number of carbonyl (C=O) groups excluding carboxylic acids is 3. The number of benzene rings is 3. The normalized spacial score (nSPS) is 20.0. The molecule has 2 N–H and O–H groups in total. The van der Waals surface area contributed by atoms with Gasteiger partial charge in [-0.05, 0) is 64.7 Å². The van der Waals surface area contributed by atoms with Crippen LogP contribution in [0.4, 0.5) is 5.69 Å². The third-order valence-corrected chi connectivity index (χ3v) is 6.69. The third kappa shape index (κ3) is 3.71. The second-order valence-electron chi connectivity index (χ2n) is 8.82. The van der Waals surface area contributed by atoms with E-state index < -0.39 is 11.3 Å². The molecule has 3 aromatic carbocycles. The summed E-state index contributed by atoms with van der Waals surface area (Å²) in [6.07, 6.45) is 0.560. The molecule has 33 heavy (non-hydrogen) atoms. The highest BCUT2D eigenvalue weighted by atomic mass is 16.5. The van der Waals surface area contributed by atoms with Gasteiger partial charge in [0.2, 0.25) is 11.8 Å². The number of nitrogens with zero attached hydrogens (tertiary/aromatic N) is 1. The highest BCUT2D eigenvalue weighted by molar-refractivity contribution is 6.32. The topological polar surface area (TPSA) is 87.7 Å². The number of hydrogen-bond acceptors (Lipinski definition) is 5. The fourth-order valence-electron chi connectivity index (χ4n) is 4.60. The van der Waals surface area contributed by atoms with Crippen molar-refractivity contribution in [3.05, 3.63) is 71.3 Å². The van der Waals surface area contributed by atoms with Crippen LogP contribution in [0, 0.1) is 0 Å². The van der Waals surface area contributed by atoms with Gasteiger partial charge in [0.25, 0.3) is 5.91 Å². The quantitative estimate of drug-likeness (QED) is 0.468. The summed E-state index contributed by atoms with van der Waals surface area (Å²) in [6, 6.07) is 18.0. The Morgan fingerprint density at radius 3 is 2.64 bits per heavy atom. The minimum Gasteiger partial charge on any atom is -0.497 e. The lowest BCUT2D eigenvalue weighted by Crippen LogP contribution is -2.63. The van der Waals surface area contributed by atoms with E-state index in [4.69, 9.17) is 4.74 Å². The molecule has 3 aromatic rings. The van der Waals surface area contributed by atoms with Crippen LogP contribution in [0.25, 0.3) is 10.8 Å². The number of methoxy groups -OCH3 is 1. The molecule has 1 atom stereocenters. The van der Waals surface area contributed by atoms with Crippen molar-refractivity contribution in [3.63, 3.8) is 0 Å². The van der Waals surface area contributed by atoms with Crippen LogP contribution in [0.5, 0.6) is 5.75 Å². The molecule has 3 amide bonds. The van der Waals surface area contributed by atoms with Crippen LogP contribution in [-0.2, 0) is 22.7 Å². The number of imide groups is 1. The average molecular weight is 441 g/mol. The van der Waals surface area contributed by atoms with E-state index in [1.165, 1.54) is 0 Å². The monoisotopic (exact) mass is 441 g/mol. The Kier molecular flexibility index (Phi) is 5.08. The molecular formula is C25H24BN3O4. The van der Waals surface area contributed by atoms with Crippen LogP contribution in [0.1, 0.15) is 34.3 Å². The smallest absolute Gasteiger partial charge is 0.254 e. The summed E-state index contributed by atoms with van der Waals surface area (Å²) in [5, 5.41) is 8.07. The third-order valence-electron chi connectivity index (χ3n) is 6.69. The van der Waals surface area contributed by atoms with Gasteiger partial charge in [-0.15, -0.1) is 0 Å². The van der Waals surface area contributed by atoms with Crippen molar-refractivity contribution in [2.75, 3.05) is 12.4 Å². The van der Waals surface area contributed by atoms with Crippen LogP contribution in [0.15, 0.2) is 54.6 Å². The molecule has 2 aliphatic rings. The fourth-order valence-corrected chi connectivity index (χ4v) is 4.60. The number of fused-ring (bicyclic) bond motifs is 2. The summed E-state index contributed by atoms with van der Waals surface area (Å²) >= 11 is 0. The van der Waals surface area contributed by atoms with E-state index in [9.17, 15) is 14.4 Å². The Morgan fingerprint density at radius 1 is 1.06 bits per heavy atom. The van der Waals surface area contributed by atoms with E-state index in [0.29, 0.717) is 25.1 Å². The highest BCUT2D eigenvalue weighted by Crippen LogP contribution is 2.33. The predicted octanol–water partition coefficient (Wildman–Crippen LogP) is 2.18. The lowest BCUT2D eigenvalue weighted by atomic mass is 9.70. The van der Waals surface area contributed by atoms with Crippen LogP contribution < -0.4 is 15.4 Å². The fraction of sp³-hybridized carbons (Fsp3) is 0.240. The number of amides is 3. The lowest BCUT2D eigenvalue weighted by Gasteiger charge is -2.39. The van der Waals surface area contributed by atoms with Gasteiger partial charge in [0.05, 0.1) is 12.5 Å². The van der Waals surface area contributed by atoms with E-state index in [1.54, 1.807) is 19.9 Å². The molecule has 2 heterocycles. The molecule has 0 bridgehead atoms. The summed E-state index contributed by atoms with van der Waals surface area (Å²) in [5.41, 5.74) is 2.51. The SMILES string of the molecule is B[C@]1(N2Cc3cc(NCc4ccc5cc(OC)ccc5c4)ccc3C2=O)CCC(=O)NC1=O. The number of ether oxygens (including phenoxy) is 1. The lowest BCUT2D eigenvalue weighted by molar-refractivity contribution is -0.138. The first kappa shape index (κ1) is 21.1. The van der Waals surface area contributed by atoms with E-state index in [2.05, 4.69) is 28.8 Å². The van der Waals surface area contributed by atoms with Gasteiger partial charge in [-0.25, -0.2) is 0 Å². The maximum Gasteiger partial charge on any atom is 0.254 e. The van der Waals surface area contributed by atoms with Crippen molar-refractivity contribution in [2.45, 2.75) is 31.4 Å². The molecule has 0 aromatic heterocycles. The molecule has 0 saturated carbocycles. The standard InChI is InChI=1S/C25H24BN3O4/c1-33-20-6-4-16-10-15(2-3-17(16)12-20)13-27-19-5-7-21-18(11-19)14-29(23(21)31)25(26)9-8-22(30)28-24(25)32/h2-7,10-12,27H,8-9,13-14,26H2,1H3,(H,28,30,32)/t25-/m0/s1. The summed E-state index contributed by atoms with van der Waals surface area (Å²) in [7, 11) is 3.39. The van der Waals surface area contributed by atoms with Crippen molar-refractivity contribution >= 4 is 42.0 Å². The molecule has 0 spiro atoms. The molecule has 5 rings (SSSR count). The summed E-state index contributed by atoms with van der Waals surface area (Å²) < 4.78 is 5.29. The molecule has 0 aliphatic carbocycles. The first-order valence-electron chi connectivity index (χ1n) is 11.0. The minimum absolute atomic E-state index is 0.173. The zero-order chi connectivity index (χ0) is 23.2. The molecule has 1 saturated heterocycles. The number of hydrogen-bond donors (Lipinski definition) is 2. The van der Waals surface area contributed by atoms with Gasteiger partial charge < -0.3 is 15.0 Å². The summed E-state index contributed by atoms with van der Waals surface area (Å²) in [5.74, 6) is -0.0390. The van der Waals surface area contributed by atoms with Crippen LogP contribution in [0.2, 0.25) is 0 Å². The van der Waals surface area contributed by atoms with Crippen molar-refractivity contribution < 1.29 is 19.1 Å². The van der Waals surface area contributed by atoms with Crippen LogP contribution in [-0.4, -0.2) is 43.0 Å². The van der Waals surface area contributed by atoms with Gasteiger partial charge in [0.1, 0.15) is 13.6 Å². The number of rotatable bonds is 5. The van der Waals surface area contributed by atoms with Gasteiger partial charge in [-0.1, -0.05) is 18.2 Å². The van der Waals surface area contributed by atoms with Crippen molar-refractivity contribution in [1.29, 1.82) is 0 Å². The van der Waals surface area contributed by atoms with Gasteiger partial charge in [-0.3, -0.25) is 19.7 Å². The van der Waals surface area contributed by atoms with Crippen molar-refractivity contribution in [1.82, 2.24) is 10.2 Å². The molecular weight excluding hydrogens is 417 g/mol. The van der Waals surface area contributed by atoms with Gasteiger partial charge in [-0.2, -0.15) is 0 Å². The largest absolute Gasteiger partial charge is 0.497 e.